The van der Waals surface area contributed by atoms with E-state index >= 15 is 0 Å². The standard InChI is InChI=1S/C14H11N5O3/c1-10-13(19(20)21)5-6-14(16-10)22-12-4-2-3-11(9-12)18-8-7-15-17-18/h2-9H,1H3. The Labute approximate surface area is 125 Å². The summed E-state index contributed by atoms with van der Waals surface area (Å²) in [5.41, 5.74) is 1.05. The zero-order valence-corrected chi connectivity index (χ0v) is 11.6. The predicted molar refractivity (Wildman–Crippen MR) is 77.1 cm³/mol. The number of nitrogens with zero attached hydrogens (tertiary/aromatic N) is 5. The first kappa shape index (κ1) is 13.7. The molecule has 0 aliphatic rings. The van der Waals surface area contributed by atoms with E-state index in [-0.39, 0.29) is 5.69 Å². The Kier molecular flexibility index (Phi) is 3.48. The molecular weight excluding hydrogens is 286 g/mol. The number of aryl methyl sites for hydroxylation is 1. The van der Waals surface area contributed by atoms with Crippen LogP contribution < -0.4 is 4.74 Å². The van der Waals surface area contributed by atoms with Gasteiger partial charge < -0.3 is 4.74 Å². The second-order valence-corrected chi connectivity index (χ2v) is 4.46. The Morgan fingerprint density at radius 2 is 2.14 bits per heavy atom. The van der Waals surface area contributed by atoms with E-state index in [1.807, 2.05) is 12.1 Å². The molecular formula is C14H11N5O3. The molecule has 3 rings (SSSR count). The number of hydrogen-bond acceptors (Lipinski definition) is 6. The van der Waals surface area contributed by atoms with Gasteiger partial charge in [-0.15, -0.1) is 5.10 Å². The first-order valence-electron chi connectivity index (χ1n) is 6.40. The molecule has 0 atom stereocenters. The van der Waals surface area contributed by atoms with E-state index in [9.17, 15) is 10.1 Å². The quantitative estimate of drug-likeness (QED) is 0.542. The van der Waals surface area contributed by atoms with Crippen molar-refractivity contribution in [2.45, 2.75) is 6.92 Å². The lowest BCUT2D eigenvalue weighted by atomic mass is 10.3. The van der Waals surface area contributed by atoms with E-state index in [4.69, 9.17) is 4.74 Å². The van der Waals surface area contributed by atoms with Crippen molar-refractivity contribution in [2.24, 2.45) is 0 Å². The lowest BCUT2D eigenvalue weighted by Crippen LogP contribution is -1.97. The van der Waals surface area contributed by atoms with Gasteiger partial charge in [0.05, 0.1) is 23.0 Å². The summed E-state index contributed by atoms with van der Waals surface area (Å²) in [6.45, 7) is 1.57. The zero-order chi connectivity index (χ0) is 15.5. The van der Waals surface area contributed by atoms with Crippen LogP contribution in [0.4, 0.5) is 5.69 Å². The summed E-state index contributed by atoms with van der Waals surface area (Å²) in [5.74, 6) is 0.840. The van der Waals surface area contributed by atoms with Crippen molar-refractivity contribution >= 4 is 5.69 Å². The first-order valence-corrected chi connectivity index (χ1v) is 6.40. The van der Waals surface area contributed by atoms with Crippen molar-refractivity contribution < 1.29 is 9.66 Å². The highest BCUT2D eigenvalue weighted by molar-refractivity contribution is 5.41. The molecule has 0 N–H and O–H groups in total. The van der Waals surface area contributed by atoms with Gasteiger partial charge in [0.1, 0.15) is 11.4 Å². The fraction of sp³-hybridized carbons (Fsp3) is 0.0714. The van der Waals surface area contributed by atoms with Crippen molar-refractivity contribution in [1.29, 1.82) is 0 Å². The fourth-order valence-corrected chi connectivity index (χ4v) is 1.94. The van der Waals surface area contributed by atoms with Crippen molar-refractivity contribution in [1.82, 2.24) is 20.0 Å². The van der Waals surface area contributed by atoms with Crippen LogP contribution in [0.2, 0.25) is 0 Å². The first-order chi connectivity index (χ1) is 10.6. The van der Waals surface area contributed by atoms with Crippen molar-refractivity contribution in [3.05, 3.63) is 64.6 Å². The number of nitro groups is 1. The zero-order valence-electron chi connectivity index (χ0n) is 11.6. The molecule has 0 bridgehead atoms. The van der Waals surface area contributed by atoms with Crippen LogP contribution in [0.15, 0.2) is 48.8 Å². The van der Waals surface area contributed by atoms with Gasteiger partial charge in [0.25, 0.3) is 5.69 Å². The van der Waals surface area contributed by atoms with E-state index in [1.54, 1.807) is 36.1 Å². The monoisotopic (exact) mass is 297 g/mol. The van der Waals surface area contributed by atoms with Crippen LogP contribution in [0.25, 0.3) is 5.69 Å². The SMILES string of the molecule is Cc1nc(Oc2cccc(-n3ccnn3)c2)ccc1[N+](=O)[O-]. The molecule has 2 heterocycles. The molecule has 22 heavy (non-hydrogen) atoms. The van der Waals surface area contributed by atoms with Gasteiger partial charge in [-0.3, -0.25) is 10.1 Å². The van der Waals surface area contributed by atoms with E-state index < -0.39 is 4.92 Å². The van der Waals surface area contributed by atoms with E-state index in [1.165, 1.54) is 12.1 Å². The van der Waals surface area contributed by atoms with Crippen LogP contribution in [-0.2, 0) is 0 Å². The van der Waals surface area contributed by atoms with Crippen molar-refractivity contribution in [3.63, 3.8) is 0 Å². The smallest absolute Gasteiger partial charge is 0.290 e. The molecule has 110 valence electrons. The number of ether oxygens (including phenoxy) is 1. The van der Waals surface area contributed by atoms with Crippen LogP contribution in [0, 0.1) is 17.0 Å². The maximum atomic E-state index is 10.8. The number of hydrogen-bond donors (Lipinski definition) is 0. The van der Waals surface area contributed by atoms with Crippen molar-refractivity contribution in [3.8, 4) is 17.3 Å². The van der Waals surface area contributed by atoms with Gasteiger partial charge in [-0.05, 0) is 19.1 Å². The Morgan fingerprint density at radius 1 is 1.27 bits per heavy atom. The van der Waals surface area contributed by atoms with E-state index in [0.717, 1.165) is 5.69 Å². The minimum Gasteiger partial charge on any atom is -0.439 e. The predicted octanol–water partition coefficient (Wildman–Crippen LogP) is 2.67. The number of aromatic nitrogens is 4. The third-order valence-corrected chi connectivity index (χ3v) is 2.96. The molecule has 0 unspecified atom stereocenters. The molecule has 0 fully saturated rings. The van der Waals surface area contributed by atoms with Crippen LogP contribution >= 0.6 is 0 Å². The summed E-state index contributed by atoms with van der Waals surface area (Å²) in [7, 11) is 0. The average Bonchev–Trinajstić information content (AvgIpc) is 3.01. The Bertz CT molecular complexity index is 817. The molecule has 0 amide bonds. The number of benzene rings is 1. The summed E-state index contributed by atoms with van der Waals surface area (Å²) >= 11 is 0. The molecule has 0 radical (unpaired) electrons. The Morgan fingerprint density at radius 3 is 2.82 bits per heavy atom. The largest absolute Gasteiger partial charge is 0.439 e. The topological polar surface area (TPSA) is 96.0 Å². The summed E-state index contributed by atoms with van der Waals surface area (Å²) in [5, 5.41) is 18.4. The second kappa shape index (κ2) is 5.60. The average molecular weight is 297 g/mol. The highest BCUT2D eigenvalue weighted by atomic mass is 16.6. The maximum absolute atomic E-state index is 10.8. The van der Waals surface area contributed by atoms with Gasteiger partial charge in [0, 0.05) is 18.2 Å². The van der Waals surface area contributed by atoms with Gasteiger partial charge in [-0.2, -0.15) is 0 Å². The second-order valence-electron chi connectivity index (χ2n) is 4.46. The molecule has 8 heteroatoms. The molecule has 0 aliphatic heterocycles. The van der Waals surface area contributed by atoms with Crippen LogP contribution in [-0.4, -0.2) is 24.9 Å². The van der Waals surface area contributed by atoms with Gasteiger partial charge in [-0.25, -0.2) is 9.67 Å². The summed E-state index contributed by atoms with van der Waals surface area (Å²) in [6, 6.07) is 10.0. The molecule has 0 saturated heterocycles. The van der Waals surface area contributed by atoms with Gasteiger partial charge in [-0.1, -0.05) is 11.3 Å². The molecule has 0 aliphatic carbocycles. The third-order valence-electron chi connectivity index (χ3n) is 2.96. The molecule has 0 saturated carbocycles. The summed E-state index contributed by atoms with van der Waals surface area (Å²) in [6.07, 6.45) is 3.29. The van der Waals surface area contributed by atoms with E-state index in [2.05, 4.69) is 15.3 Å². The highest BCUT2D eigenvalue weighted by Crippen LogP contribution is 2.25. The third kappa shape index (κ3) is 2.75. The number of pyridine rings is 1. The summed E-state index contributed by atoms with van der Waals surface area (Å²) < 4.78 is 7.24. The van der Waals surface area contributed by atoms with Gasteiger partial charge in [0.15, 0.2) is 0 Å². The molecule has 0 spiro atoms. The minimum atomic E-state index is -0.475. The van der Waals surface area contributed by atoms with Crippen LogP contribution in [0.3, 0.4) is 0 Å². The Hall–Kier alpha value is -3.29. The van der Waals surface area contributed by atoms with Crippen LogP contribution in [0.5, 0.6) is 11.6 Å². The molecule has 2 aromatic heterocycles. The fourth-order valence-electron chi connectivity index (χ4n) is 1.94. The lowest BCUT2D eigenvalue weighted by molar-refractivity contribution is -0.385. The molecule has 1 aromatic carbocycles. The van der Waals surface area contributed by atoms with Gasteiger partial charge >= 0.3 is 0 Å². The molecule has 8 nitrogen and oxygen atoms in total. The molecule has 3 aromatic rings. The van der Waals surface area contributed by atoms with Gasteiger partial charge in [0.2, 0.25) is 5.88 Å². The van der Waals surface area contributed by atoms with Crippen molar-refractivity contribution in [2.75, 3.05) is 0 Å². The Balaban J connectivity index is 1.86. The van der Waals surface area contributed by atoms with Crippen LogP contribution in [0.1, 0.15) is 5.69 Å². The van der Waals surface area contributed by atoms with E-state index in [0.29, 0.717) is 17.3 Å². The highest BCUT2D eigenvalue weighted by Gasteiger charge is 2.12. The number of rotatable bonds is 4. The minimum absolute atomic E-state index is 0.0382. The summed E-state index contributed by atoms with van der Waals surface area (Å²) in [4.78, 5) is 14.4. The lowest BCUT2D eigenvalue weighted by Gasteiger charge is -2.07. The normalized spacial score (nSPS) is 10.4. The maximum Gasteiger partial charge on any atom is 0.290 e.